The summed E-state index contributed by atoms with van der Waals surface area (Å²) in [7, 11) is 0. The van der Waals surface area contributed by atoms with Gasteiger partial charge in [-0.2, -0.15) is 5.10 Å². The van der Waals surface area contributed by atoms with Crippen molar-refractivity contribution in [1.29, 1.82) is 0 Å². The highest BCUT2D eigenvalue weighted by atomic mass is 35.5. The zero-order chi connectivity index (χ0) is 16.4. The van der Waals surface area contributed by atoms with Gasteiger partial charge in [-0.1, -0.05) is 23.7 Å². The molecule has 0 bridgehead atoms. The third-order valence-corrected chi connectivity index (χ3v) is 4.27. The van der Waals surface area contributed by atoms with E-state index in [2.05, 4.69) is 44.6 Å². The van der Waals surface area contributed by atoms with Gasteiger partial charge in [0.1, 0.15) is 16.8 Å². The Balaban J connectivity index is 1.35. The fourth-order valence-electron chi connectivity index (χ4n) is 2.62. The van der Waals surface area contributed by atoms with Crippen LogP contribution in [0.4, 0.5) is 5.82 Å². The predicted octanol–water partition coefficient (Wildman–Crippen LogP) is 3.85. The van der Waals surface area contributed by atoms with E-state index in [0.29, 0.717) is 11.1 Å². The minimum atomic E-state index is 0.499. The Morgan fingerprint density at radius 1 is 1.17 bits per heavy atom. The molecule has 5 nitrogen and oxygen atoms in total. The van der Waals surface area contributed by atoms with Gasteiger partial charge in [0.2, 0.25) is 0 Å². The molecule has 6 heteroatoms. The van der Waals surface area contributed by atoms with E-state index in [4.69, 9.17) is 11.6 Å². The SMILES string of the molecule is Clc1cc(NCCc2ccc(-n3cccn3)cc2)nc(C2CC2)n1. The molecular weight excluding hydrogens is 322 g/mol. The standard InChI is InChI=1S/C18H18ClN5/c19-16-12-17(23-18(22-16)14-4-5-14)20-10-8-13-2-6-15(7-3-13)24-11-1-9-21-24/h1-3,6-7,9,11-12,14H,4-5,8,10H2,(H,20,22,23). The van der Waals surface area contributed by atoms with Crippen LogP contribution in [-0.4, -0.2) is 26.3 Å². The number of rotatable bonds is 6. The second-order valence-corrected chi connectivity index (χ2v) is 6.39. The van der Waals surface area contributed by atoms with Gasteiger partial charge < -0.3 is 5.32 Å². The average Bonchev–Trinajstić information content (AvgIpc) is 3.30. The van der Waals surface area contributed by atoms with Gasteiger partial charge in [-0.15, -0.1) is 0 Å². The lowest BCUT2D eigenvalue weighted by atomic mass is 10.1. The number of nitrogens with zero attached hydrogens (tertiary/aromatic N) is 4. The molecule has 1 aliphatic rings. The number of hydrogen-bond donors (Lipinski definition) is 1. The lowest BCUT2D eigenvalue weighted by Gasteiger charge is -2.08. The van der Waals surface area contributed by atoms with E-state index >= 15 is 0 Å². The molecule has 24 heavy (non-hydrogen) atoms. The normalized spacial score (nSPS) is 13.9. The van der Waals surface area contributed by atoms with Crippen LogP contribution in [-0.2, 0) is 6.42 Å². The molecule has 0 unspecified atom stereocenters. The molecule has 1 N–H and O–H groups in total. The smallest absolute Gasteiger partial charge is 0.135 e. The molecule has 0 aliphatic heterocycles. The molecule has 4 rings (SSSR count). The number of hydrogen-bond acceptors (Lipinski definition) is 4. The Morgan fingerprint density at radius 2 is 2.00 bits per heavy atom. The van der Waals surface area contributed by atoms with Gasteiger partial charge in [-0.25, -0.2) is 14.6 Å². The van der Waals surface area contributed by atoms with Gasteiger partial charge >= 0.3 is 0 Å². The summed E-state index contributed by atoms with van der Waals surface area (Å²) in [6.45, 7) is 0.804. The van der Waals surface area contributed by atoms with Gasteiger partial charge in [0.05, 0.1) is 5.69 Å². The predicted molar refractivity (Wildman–Crippen MR) is 94.8 cm³/mol. The molecule has 1 aromatic carbocycles. The Hall–Kier alpha value is -2.40. The summed E-state index contributed by atoms with van der Waals surface area (Å²) in [4.78, 5) is 8.86. The third-order valence-electron chi connectivity index (χ3n) is 4.08. The Labute approximate surface area is 145 Å². The molecule has 1 aliphatic carbocycles. The molecule has 3 aromatic rings. The van der Waals surface area contributed by atoms with Crippen LogP contribution < -0.4 is 5.32 Å². The summed E-state index contributed by atoms with van der Waals surface area (Å²) < 4.78 is 1.85. The van der Waals surface area contributed by atoms with Crippen molar-refractivity contribution in [2.75, 3.05) is 11.9 Å². The van der Waals surface area contributed by atoms with Crippen LogP contribution in [0.3, 0.4) is 0 Å². The zero-order valence-electron chi connectivity index (χ0n) is 13.2. The lowest BCUT2D eigenvalue weighted by molar-refractivity contribution is 0.878. The van der Waals surface area contributed by atoms with E-state index in [0.717, 1.165) is 30.3 Å². The molecule has 0 saturated heterocycles. The van der Waals surface area contributed by atoms with Crippen molar-refractivity contribution in [3.63, 3.8) is 0 Å². The van der Waals surface area contributed by atoms with Crippen LogP contribution >= 0.6 is 11.6 Å². The molecule has 0 amide bonds. The first-order valence-electron chi connectivity index (χ1n) is 8.15. The van der Waals surface area contributed by atoms with Crippen molar-refractivity contribution < 1.29 is 0 Å². The van der Waals surface area contributed by atoms with Crippen molar-refractivity contribution in [2.24, 2.45) is 0 Å². The molecule has 1 saturated carbocycles. The molecular formula is C18H18ClN5. The average molecular weight is 340 g/mol. The van der Waals surface area contributed by atoms with Gasteiger partial charge in [-0.05, 0) is 43.0 Å². The first-order valence-corrected chi connectivity index (χ1v) is 8.53. The third kappa shape index (κ3) is 3.57. The number of benzene rings is 1. The summed E-state index contributed by atoms with van der Waals surface area (Å²) in [6, 6.07) is 12.1. The molecule has 122 valence electrons. The van der Waals surface area contributed by atoms with Crippen molar-refractivity contribution in [3.05, 3.63) is 65.3 Å². The Morgan fingerprint density at radius 3 is 2.71 bits per heavy atom. The summed E-state index contributed by atoms with van der Waals surface area (Å²) in [5, 5.41) is 8.09. The number of anilines is 1. The second-order valence-electron chi connectivity index (χ2n) is 6.00. The molecule has 0 atom stereocenters. The number of nitrogens with one attached hydrogen (secondary N) is 1. The van der Waals surface area contributed by atoms with E-state index in [1.807, 2.05) is 16.9 Å². The largest absolute Gasteiger partial charge is 0.370 e. The lowest BCUT2D eigenvalue weighted by Crippen LogP contribution is -2.08. The fraction of sp³-hybridized carbons (Fsp3) is 0.278. The Bertz CT molecular complexity index is 810. The summed E-state index contributed by atoms with van der Waals surface area (Å²) in [5.74, 6) is 2.18. The molecule has 2 heterocycles. The first kappa shape index (κ1) is 15.1. The molecule has 0 radical (unpaired) electrons. The van der Waals surface area contributed by atoms with E-state index in [-0.39, 0.29) is 0 Å². The number of halogens is 1. The summed E-state index contributed by atoms with van der Waals surface area (Å²) in [5.41, 5.74) is 2.33. The fourth-order valence-corrected chi connectivity index (χ4v) is 2.81. The van der Waals surface area contributed by atoms with Crippen LogP contribution in [0.5, 0.6) is 0 Å². The van der Waals surface area contributed by atoms with Gasteiger partial charge in [0.15, 0.2) is 0 Å². The minimum absolute atomic E-state index is 0.499. The maximum Gasteiger partial charge on any atom is 0.135 e. The van der Waals surface area contributed by atoms with Crippen LogP contribution in [0.25, 0.3) is 5.69 Å². The molecule has 0 spiro atoms. The highest BCUT2D eigenvalue weighted by Crippen LogP contribution is 2.38. The van der Waals surface area contributed by atoms with Crippen LogP contribution in [0.15, 0.2) is 48.8 Å². The Kier molecular flexibility index (Phi) is 4.17. The van der Waals surface area contributed by atoms with E-state index in [1.54, 1.807) is 12.3 Å². The van der Waals surface area contributed by atoms with Crippen molar-refractivity contribution in [1.82, 2.24) is 19.7 Å². The van der Waals surface area contributed by atoms with Crippen molar-refractivity contribution in [2.45, 2.75) is 25.2 Å². The van der Waals surface area contributed by atoms with Crippen LogP contribution in [0.1, 0.15) is 30.1 Å². The number of aromatic nitrogens is 4. The zero-order valence-corrected chi connectivity index (χ0v) is 13.9. The minimum Gasteiger partial charge on any atom is -0.370 e. The van der Waals surface area contributed by atoms with E-state index in [9.17, 15) is 0 Å². The van der Waals surface area contributed by atoms with E-state index < -0.39 is 0 Å². The molecule has 2 aromatic heterocycles. The topological polar surface area (TPSA) is 55.6 Å². The highest BCUT2D eigenvalue weighted by Gasteiger charge is 2.27. The van der Waals surface area contributed by atoms with Crippen LogP contribution in [0, 0.1) is 0 Å². The summed E-state index contributed by atoms with van der Waals surface area (Å²) >= 11 is 6.08. The van der Waals surface area contributed by atoms with E-state index in [1.165, 1.54) is 18.4 Å². The van der Waals surface area contributed by atoms with Gasteiger partial charge in [-0.3, -0.25) is 0 Å². The maximum absolute atomic E-state index is 6.08. The van der Waals surface area contributed by atoms with Crippen molar-refractivity contribution >= 4 is 17.4 Å². The van der Waals surface area contributed by atoms with Gasteiger partial charge in [0, 0.05) is 30.9 Å². The van der Waals surface area contributed by atoms with Gasteiger partial charge in [0.25, 0.3) is 0 Å². The monoisotopic (exact) mass is 339 g/mol. The highest BCUT2D eigenvalue weighted by molar-refractivity contribution is 6.29. The summed E-state index contributed by atoms with van der Waals surface area (Å²) in [6.07, 6.45) is 6.97. The van der Waals surface area contributed by atoms with Crippen molar-refractivity contribution in [3.8, 4) is 5.69 Å². The quantitative estimate of drug-likeness (QED) is 0.693. The first-order chi connectivity index (χ1) is 11.8. The molecule has 1 fully saturated rings. The maximum atomic E-state index is 6.08. The second kappa shape index (κ2) is 6.61. The van der Waals surface area contributed by atoms with Crippen LogP contribution in [0.2, 0.25) is 5.15 Å².